The van der Waals surface area contributed by atoms with Crippen LogP contribution in [0.1, 0.15) is 21.7 Å². The number of carbonyl (C=O) groups is 1. The number of hydrogen-bond acceptors (Lipinski definition) is 6. The normalized spacial score (nSPS) is 16.7. The van der Waals surface area contributed by atoms with Crippen molar-refractivity contribution in [1.29, 1.82) is 5.26 Å². The molecule has 2 fully saturated rings. The summed E-state index contributed by atoms with van der Waals surface area (Å²) in [5.41, 5.74) is 4.04. The van der Waals surface area contributed by atoms with Crippen molar-refractivity contribution in [1.82, 2.24) is 4.90 Å². The lowest BCUT2D eigenvalue weighted by atomic mass is 10.1. The Bertz CT molecular complexity index is 1160. The average molecular weight is 473 g/mol. The van der Waals surface area contributed by atoms with Crippen LogP contribution in [0.4, 0.5) is 10.7 Å². The second kappa shape index (κ2) is 10.3. The molecule has 0 aliphatic carbocycles. The summed E-state index contributed by atoms with van der Waals surface area (Å²) in [4.78, 5) is 21.0. The van der Waals surface area contributed by atoms with Gasteiger partial charge in [-0.3, -0.25) is 4.79 Å². The molecule has 3 aromatic rings. The molecule has 7 heteroatoms. The molecule has 34 heavy (non-hydrogen) atoms. The molecule has 2 aliphatic rings. The van der Waals surface area contributed by atoms with E-state index in [0.29, 0.717) is 25.3 Å². The third kappa shape index (κ3) is 4.79. The first-order valence-corrected chi connectivity index (χ1v) is 12.6. The van der Waals surface area contributed by atoms with E-state index in [1.165, 1.54) is 0 Å². The zero-order valence-corrected chi connectivity index (χ0v) is 20.0. The second-order valence-corrected chi connectivity index (χ2v) is 9.62. The van der Waals surface area contributed by atoms with Gasteiger partial charge < -0.3 is 19.4 Å². The fourth-order valence-electron chi connectivity index (χ4n) is 4.59. The lowest BCUT2D eigenvalue weighted by Crippen LogP contribution is -2.36. The van der Waals surface area contributed by atoms with Gasteiger partial charge in [0.25, 0.3) is 5.91 Å². The fourth-order valence-corrected chi connectivity index (χ4v) is 5.79. The molecule has 0 N–H and O–H groups in total. The predicted molar refractivity (Wildman–Crippen MR) is 137 cm³/mol. The highest BCUT2D eigenvalue weighted by atomic mass is 32.1. The van der Waals surface area contributed by atoms with E-state index in [9.17, 15) is 4.79 Å². The van der Waals surface area contributed by atoms with Gasteiger partial charge in [0.1, 0.15) is 0 Å². The number of nitrogens with zero attached hydrogens (tertiary/aromatic N) is 4. The summed E-state index contributed by atoms with van der Waals surface area (Å²) in [6.45, 7) is 6.23. The Hall–Kier alpha value is -3.34. The van der Waals surface area contributed by atoms with Gasteiger partial charge in [0, 0.05) is 50.5 Å². The summed E-state index contributed by atoms with van der Waals surface area (Å²) >= 11 is 1.61. The summed E-state index contributed by atoms with van der Waals surface area (Å²) in [6, 6.07) is 22.3. The largest absolute Gasteiger partial charge is 0.378 e. The minimum absolute atomic E-state index is 0.114. The molecule has 174 valence electrons. The highest BCUT2D eigenvalue weighted by molar-refractivity contribution is 7.18. The minimum atomic E-state index is 0.114. The number of rotatable bonds is 4. The van der Waals surface area contributed by atoms with Crippen LogP contribution in [-0.4, -0.2) is 63.3 Å². The Morgan fingerprint density at radius 2 is 1.65 bits per heavy atom. The monoisotopic (exact) mass is 472 g/mol. The van der Waals surface area contributed by atoms with E-state index < -0.39 is 0 Å². The van der Waals surface area contributed by atoms with Crippen LogP contribution in [0.25, 0.3) is 11.1 Å². The SMILES string of the molecule is N#Cc1ccc(N2CCCN(C(=O)c3cc(-c4ccccc4)c(N4CCOCC4)s3)CC2)cc1. The maximum absolute atomic E-state index is 13.6. The number of thiophene rings is 1. The Balaban J connectivity index is 1.35. The van der Waals surface area contributed by atoms with Crippen molar-refractivity contribution in [2.24, 2.45) is 0 Å². The van der Waals surface area contributed by atoms with E-state index in [-0.39, 0.29) is 5.91 Å². The molecular formula is C27H28N4O2S. The molecule has 0 atom stereocenters. The number of carbonyl (C=O) groups excluding carboxylic acids is 1. The van der Waals surface area contributed by atoms with Gasteiger partial charge in [0.15, 0.2) is 0 Å². The highest BCUT2D eigenvalue weighted by Crippen LogP contribution is 2.40. The van der Waals surface area contributed by atoms with Crippen molar-refractivity contribution in [2.75, 3.05) is 62.3 Å². The van der Waals surface area contributed by atoms with Crippen molar-refractivity contribution in [3.05, 3.63) is 71.1 Å². The molecule has 2 aromatic carbocycles. The Kier molecular flexibility index (Phi) is 6.79. The van der Waals surface area contributed by atoms with Crippen molar-refractivity contribution in [3.8, 4) is 17.2 Å². The maximum atomic E-state index is 13.6. The van der Waals surface area contributed by atoms with Gasteiger partial charge in [0.05, 0.1) is 34.7 Å². The number of nitriles is 1. The molecular weight excluding hydrogens is 444 g/mol. The minimum Gasteiger partial charge on any atom is -0.378 e. The molecule has 0 unspecified atom stereocenters. The van der Waals surface area contributed by atoms with E-state index in [4.69, 9.17) is 10.00 Å². The fraction of sp³-hybridized carbons (Fsp3) is 0.333. The second-order valence-electron chi connectivity index (χ2n) is 8.59. The zero-order valence-electron chi connectivity index (χ0n) is 19.2. The third-order valence-electron chi connectivity index (χ3n) is 6.45. The van der Waals surface area contributed by atoms with E-state index in [1.54, 1.807) is 11.3 Å². The van der Waals surface area contributed by atoms with Crippen LogP contribution < -0.4 is 9.80 Å². The van der Waals surface area contributed by atoms with Gasteiger partial charge in [-0.05, 0) is 42.3 Å². The van der Waals surface area contributed by atoms with Crippen LogP contribution in [0.5, 0.6) is 0 Å². The average Bonchev–Trinajstić information content (AvgIpc) is 3.21. The van der Waals surface area contributed by atoms with Crippen molar-refractivity contribution in [3.63, 3.8) is 0 Å². The molecule has 0 saturated carbocycles. The molecule has 2 saturated heterocycles. The van der Waals surface area contributed by atoms with Gasteiger partial charge in [-0.15, -0.1) is 11.3 Å². The molecule has 2 aliphatic heterocycles. The topological polar surface area (TPSA) is 59.8 Å². The van der Waals surface area contributed by atoms with Crippen molar-refractivity contribution < 1.29 is 9.53 Å². The molecule has 0 radical (unpaired) electrons. The van der Waals surface area contributed by atoms with Gasteiger partial charge in [-0.2, -0.15) is 5.26 Å². The first-order chi connectivity index (χ1) is 16.7. The lowest BCUT2D eigenvalue weighted by Gasteiger charge is -2.28. The Labute approximate surface area is 204 Å². The third-order valence-corrected chi connectivity index (χ3v) is 7.63. The number of amides is 1. The van der Waals surface area contributed by atoms with Crippen LogP contribution >= 0.6 is 11.3 Å². The molecule has 6 nitrogen and oxygen atoms in total. The van der Waals surface area contributed by atoms with Gasteiger partial charge in [-0.1, -0.05) is 30.3 Å². The first kappa shape index (κ1) is 22.5. The maximum Gasteiger partial charge on any atom is 0.264 e. The van der Waals surface area contributed by atoms with Crippen LogP contribution in [0.3, 0.4) is 0 Å². The number of hydrogen-bond donors (Lipinski definition) is 0. The quantitative estimate of drug-likeness (QED) is 0.561. The van der Waals surface area contributed by atoms with Crippen LogP contribution in [0.2, 0.25) is 0 Å². The number of ether oxygens (including phenoxy) is 1. The van der Waals surface area contributed by atoms with E-state index in [0.717, 1.165) is 65.8 Å². The van der Waals surface area contributed by atoms with Crippen molar-refractivity contribution in [2.45, 2.75) is 6.42 Å². The predicted octanol–water partition coefficient (Wildman–Crippen LogP) is 4.48. The summed E-state index contributed by atoms with van der Waals surface area (Å²) in [7, 11) is 0. The summed E-state index contributed by atoms with van der Waals surface area (Å²) in [5.74, 6) is 0.114. The van der Waals surface area contributed by atoms with Crippen LogP contribution in [-0.2, 0) is 4.74 Å². The Morgan fingerprint density at radius 1 is 0.882 bits per heavy atom. The van der Waals surface area contributed by atoms with E-state index in [1.807, 2.05) is 47.4 Å². The molecule has 0 bridgehead atoms. The van der Waals surface area contributed by atoms with Gasteiger partial charge >= 0.3 is 0 Å². The first-order valence-electron chi connectivity index (χ1n) is 11.8. The summed E-state index contributed by atoms with van der Waals surface area (Å²) in [6.07, 6.45) is 0.916. The van der Waals surface area contributed by atoms with Crippen LogP contribution in [0, 0.1) is 11.3 Å². The number of benzene rings is 2. The number of morpholine rings is 1. The summed E-state index contributed by atoms with van der Waals surface area (Å²) < 4.78 is 5.56. The summed E-state index contributed by atoms with van der Waals surface area (Å²) in [5, 5.41) is 10.2. The van der Waals surface area contributed by atoms with E-state index >= 15 is 0 Å². The molecule has 0 spiro atoms. The Morgan fingerprint density at radius 3 is 2.38 bits per heavy atom. The highest BCUT2D eigenvalue weighted by Gasteiger charge is 2.26. The lowest BCUT2D eigenvalue weighted by molar-refractivity contribution is 0.0772. The molecule has 1 amide bonds. The van der Waals surface area contributed by atoms with Gasteiger partial charge in [-0.25, -0.2) is 0 Å². The van der Waals surface area contributed by atoms with E-state index in [2.05, 4.69) is 34.1 Å². The van der Waals surface area contributed by atoms with Crippen molar-refractivity contribution >= 4 is 27.9 Å². The molecule has 1 aromatic heterocycles. The standard InChI is InChI=1S/C27H28N4O2S/c28-20-21-7-9-23(10-8-21)29-11-4-12-30(14-13-29)26(32)25-19-24(22-5-2-1-3-6-22)27(34-25)31-15-17-33-18-16-31/h1-3,5-10,19H,4,11-18H2. The molecule has 3 heterocycles. The van der Waals surface area contributed by atoms with Gasteiger partial charge in [0.2, 0.25) is 0 Å². The smallest absolute Gasteiger partial charge is 0.264 e. The number of anilines is 2. The zero-order chi connectivity index (χ0) is 23.3. The van der Waals surface area contributed by atoms with Crippen LogP contribution in [0.15, 0.2) is 60.7 Å². The molecule has 5 rings (SSSR count).